The molecule has 0 N–H and O–H groups in total. The summed E-state index contributed by atoms with van der Waals surface area (Å²) in [6.45, 7) is 9.76. The van der Waals surface area contributed by atoms with Gasteiger partial charge in [-0.2, -0.15) is 0 Å². The first-order valence-corrected chi connectivity index (χ1v) is 8.09. The smallest absolute Gasteiger partial charge is 0.139 e. The van der Waals surface area contributed by atoms with Crippen molar-refractivity contribution in [2.24, 2.45) is 0 Å². The normalized spacial score (nSPS) is 17.9. The number of thioether (sulfide) groups is 1. The van der Waals surface area contributed by atoms with Crippen LogP contribution in [0.5, 0.6) is 0 Å². The Hall–Kier alpha value is -0.650. The van der Waals surface area contributed by atoms with Crippen molar-refractivity contribution in [2.45, 2.75) is 24.8 Å². The molecule has 0 atom stereocenters. The Labute approximate surface area is 124 Å². The molecule has 1 aliphatic heterocycles. The van der Waals surface area contributed by atoms with Crippen LogP contribution in [0, 0.1) is 11.6 Å². The van der Waals surface area contributed by atoms with Crippen molar-refractivity contribution in [2.75, 3.05) is 38.5 Å². The van der Waals surface area contributed by atoms with Gasteiger partial charge in [-0.1, -0.05) is 0 Å². The SMILES string of the molecule is CC(C)N1CCN(CCSc2ccc(F)cc2F)CC1. The third kappa shape index (κ3) is 4.43. The number of piperazine rings is 1. The Bertz CT molecular complexity index is 432. The van der Waals surface area contributed by atoms with E-state index in [0.717, 1.165) is 44.5 Å². The van der Waals surface area contributed by atoms with Gasteiger partial charge in [-0.3, -0.25) is 9.80 Å². The lowest BCUT2D eigenvalue weighted by Crippen LogP contribution is -2.49. The lowest BCUT2D eigenvalue weighted by molar-refractivity contribution is 0.113. The predicted molar refractivity (Wildman–Crippen MR) is 80.2 cm³/mol. The van der Waals surface area contributed by atoms with Gasteiger partial charge in [0.05, 0.1) is 0 Å². The van der Waals surface area contributed by atoms with E-state index in [2.05, 4.69) is 23.6 Å². The van der Waals surface area contributed by atoms with E-state index in [1.165, 1.54) is 23.9 Å². The lowest BCUT2D eigenvalue weighted by Gasteiger charge is -2.36. The number of hydrogen-bond donors (Lipinski definition) is 0. The third-order valence-electron chi connectivity index (χ3n) is 3.70. The molecule has 1 heterocycles. The van der Waals surface area contributed by atoms with E-state index < -0.39 is 11.6 Å². The Kier molecular flexibility index (Phi) is 5.81. The van der Waals surface area contributed by atoms with E-state index in [1.54, 1.807) is 0 Å². The van der Waals surface area contributed by atoms with Crippen LogP contribution >= 0.6 is 11.8 Å². The zero-order valence-corrected chi connectivity index (χ0v) is 12.9. The van der Waals surface area contributed by atoms with E-state index in [1.807, 2.05) is 0 Å². The Balaban J connectivity index is 1.71. The summed E-state index contributed by atoms with van der Waals surface area (Å²) in [5, 5.41) is 0. The summed E-state index contributed by atoms with van der Waals surface area (Å²) < 4.78 is 26.3. The Morgan fingerprint density at radius 3 is 2.45 bits per heavy atom. The molecule has 1 saturated heterocycles. The minimum absolute atomic E-state index is 0.459. The van der Waals surface area contributed by atoms with Crippen LogP contribution in [-0.4, -0.2) is 54.3 Å². The fourth-order valence-corrected chi connectivity index (χ4v) is 3.31. The zero-order chi connectivity index (χ0) is 14.5. The minimum Gasteiger partial charge on any atom is -0.300 e. The summed E-state index contributed by atoms with van der Waals surface area (Å²) in [4.78, 5) is 5.42. The maximum absolute atomic E-state index is 13.5. The monoisotopic (exact) mass is 300 g/mol. The van der Waals surface area contributed by atoms with Crippen LogP contribution in [0.15, 0.2) is 23.1 Å². The van der Waals surface area contributed by atoms with Gasteiger partial charge in [0.1, 0.15) is 11.6 Å². The summed E-state index contributed by atoms with van der Waals surface area (Å²) in [6, 6.07) is 4.39. The highest BCUT2D eigenvalue weighted by molar-refractivity contribution is 7.99. The van der Waals surface area contributed by atoms with Gasteiger partial charge in [0.2, 0.25) is 0 Å². The number of halogens is 2. The van der Waals surface area contributed by atoms with Crippen LogP contribution in [-0.2, 0) is 0 Å². The average molecular weight is 300 g/mol. The van der Waals surface area contributed by atoms with Crippen LogP contribution in [0.1, 0.15) is 13.8 Å². The van der Waals surface area contributed by atoms with Gasteiger partial charge in [-0.15, -0.1) is 11.8 Å². The fourth-order valence-electron chi connectivity index (χ4n) is 2.38. The molecule has 0 bridgehead atoms. The molecule has 1 aromatic carbocycles. The molecule has 112 valence electrons. The highest BCUT2D eigenvalue weighted by atomic mass is 32.2. The molecular weight excluding hydrogens is 278 g/mol. The lowest BCUT2D eigenvalue weighted by atomic mass is 10.2. The minimum atomic E-state index is -0.517. The molecular formula is C15H22F2N2S. The van der Waals surface area contributed by atoms with Gasteiger partial charge < -0.3 is 0 Å². The van der Waals surface area contributed by atoms with Crippen molar-refractivity contribution >= 4 is 11.8 Å². The van der Waals surface area contributed by atoms with Crippen molar-refractivity contribution in [1.82, 2.24) is 9.80 Å². The summed E-state index contributed by atoms with van der Waals surface area (Å²) in [7, 11) is 0. The molecule has 5 heteroatoms. The standard InChI is InChI=1S/C15H22F2N2S/c1-12(2)19-7-5-18(6-8-19)9-10-20-15-4-3-13(16)11-14(15)17/h3-4,11-12H,5-10H2,1-2H3. The maximum Gasteiger partial charge on any atom is 0.139 e. The van der Waals surface area contributed by atoms with E-state index in [0.29, 0.717) is 10.9 Å². The maximum atomic E-state index is 13.5. The fraction of sp³-hybridized carbons (Fsp3) is 0.600. The molecule has 0 spiro atoms. The highest BCUT2D eigenvalue weighted by Crippen LogP contribution is 2.22. The van der Waals surface area contributed by atoms with Crippen LogP contribution in [0.2, 0.25) is 0 Å². The molecule has 1 fully saturated rings. The van der Waals surface area contributed by atoms with Gasteiger partial charge in [0.15, 0.2) is 0 Å². The van der Waals surface area contributed by atoms with Crippen LogP contribution in [0.3, 0.4) is 0 Å². The molecule has 2 rings (SSSR count). The molecule has 1 aliphatic rings. The first-order valence-electron chi connectivity index (χ1n) is 7.10. The molecule has 2 nitrogen and oxygen atoms in total. The molecule has 0 saturated carbocycles. The third-order valence-corrected chi connectivity index (χ3v) is 4.72. The van der Waals surface area contributed by atoms with Gasteiger partial charge in [-0.05, 0) is 26.0 Å². The van der Waals surface area contributed by atoms with Gasteiger partial charge in [0, 0.05) is 55.5 Å². The van der Waals surface area contributed by atoms with Crippen molar-refractivity contribution in [3.8, 4) is 0 Å². The second kappa shape index (κ2) is 7.38. The zero-order valence-electron chi connectivity index (χ0n) is 12.1. The quantitative estimate of drug-likeness (QED) is 0.772. The topological polar surface area (TPSA) is 6.48 Å². The number of rotatable bonds is 5. The molecule has 0 aliphatic carbocycles. The van der Waals surface area contributed by atoms with Crippen molar-refractivity contribution in [3.05, 3.63) is 29.8 Å². The van der Waals surface area contributed by atoms with Gasteiger partial charge in [0.25, 0.3) is 0 Å². The van der Waals surface area contributed by atoms with Crippen LogP contribution < -0.4 is 0 Å². The molecule has 0 aromatic heterocycles. The summed E-state index contributed by atoms with van der Waals surface area (Å²) in [6.07, 6.45) is 0. The van der Waals surface area contributed by atoms with E-state index in [4.69, 9.17) is 0 Å². The molecule has 0 radical (unpaired) electrons. The van der Waals surface area contributed by atoms with Gasteiger partial charge in [-0.25, -0.2) is 8.78 Å². The average Bonchev–Trinajstić information content (AvgIpc) is 2.42. The Morgan fingerprint density at radius 1 is 1.15 bits per heavy atom. The summed E-state index contributed by atoms with van der Waals surface area (Å²) in [5.74, 6) is -0.138. The first kappa shape index (κ1) is 15.7. The molecule has 0 amide bonds. The van der Waals surface area contributed by atoms with Crippen LogP contribution in [0.4, 0.5) is 8.78 Å². The molecule has 20 heavy (non-hydrogen) atoms. The first-order chi connectivity index (χ1) is 9.56. The number of benzene rings is 1. The summed E-state index contributed by atoms with van der Waals surface area (Å²) in [5.41, 5.74) is 0. The predicted octanol–water partition coefficient (Wildman–Crippen LogP) is 3.08. The molecule has 1 aromatic rings. The summed E-state index contributed by atoms with van der Waals surface area (Å²) >= 11 is 1.46. The van der Waals surface area contributed by atoms with Crippen molar-refractivity contribution in [3.63, 3.8) is 0 Å². The van der Waals surface area contributed by atoms with Crippen LogP contribution in [0.25, 0.3) is 0 Å². The number of nitrogens with zero attached hydrogens (tertiary/aromatic N) is 2. The second-order valence-electron chi connectivity index (χ2n) is 5.39. The van der Waals surface area contributed by atoms with E-state index >= 15 is 0 Å². The van der Waals surface area contributed by atoms with E-state index in [-0.39, 0.29) is 0 Å². The highest BCUT2D eigenvalue weighted by Gasteiger charge is 2.18. The second-order valence-corrected chi connectivity index (χ2v) is 6.53. The Morgan fingerprint density at radius 2 is 1.85 bits per heavy atom. The molecule has 0 unspecified atom stereocenters. The van der Waals surface area contributed by atoms with E-state index in [9.17, 15) is 8.78 Å². The van der Waals surface area contributed by atoms with Crippen molar-refractivity contribution < 1.29 is 8.78 Å². The van der Waals surface area contributed by atoms with Gasteiger partial charge >= 0.3 is 0 Å². The number of hydrogen-bond acceptors (Lipinski definition) is 3. The largest absolute Gasteiger partial charge is 0.300 e. The van der Waals surface area contributed by atoms with Crippen molar-refractivity contribution in [1.29, 1.82) is 0 Å².